The number of carboxylic acids is 1. The molecule has 0 aromatic heterocycles. The van der Waals surface area contributed by atoms with Gasteiger partial charge in [-0.15, -0.1) is 0 Å². The molecule has 1 aromatic rings. The molecule has 174 valence electrons. The zero-order valence-corrected chi connectivity index (χ0v) is 19.3. The van der Waals surface area contributed by atoms with E-state index in [2.05, 4.69) is 5.32 Å². The Morgan fingerprint density at radius 1 is 0.935 bits per heavy atom. The summed E-state index contributed by atoms with van der Waals surface area (Å²) in [5.41, 5.74) is -0.569. The largest absolute Gasteiger partial charge is 0.494 e. The zero-order valence-electron chi connectivity index (χ0n) is 19.3. The van der Waals surface area contributed by atoms with Crippen LogP contribution in [-0.4, -0.2) is 47.0 Å². The predicted molar refractivity (Wildman–Crippen MR) is 116 cm³/mol. The van der Waals surface area contributed by atoms with Gasteiger partial charge in [-0.25, -0.2) is 9.59 Å². The number of carboxylic acid groups (broad SMARTS) is 1. The molecule has 31 heavy (non-hydrogen) atoms. The molecule has 0 spiro atoms. The molecule has 0 radical (unpaired) electrons. The first-order valence-electron chi connectivity index (χ1n) is 10.4. The van der Waals surface area contributed by atoms with Crippen LogP contribution in [0.4, 0.5) is 4.79 Å². The number of amides is 1. The van der Waals surface area contributed by atoms with Crippen LogP contribution in [0, 0.1) is 0 Å². The van der Waals surface area contributed by atoms with Crippen molar-refractivity contribution >= 4 is 18.0 Å². The number of unbranched alkanes of at least 4 members (excludes halogenated alkanes) is 1. The molecule has 1 atom stereocenters. The second-order valence-corrected chi connectivity index (χ2v) is 9.28. The smallest absolute Gasteiger partial charge is 0.408 e. The van der Waals surface area contributed by atoms with Crippen LogP contribution in [0.3, 0.4) is 0 Å². The van der Waals surface area contributed by atoms with Crippen molar-refractivity contribution in [3.05, 3.63) is 29.8 Å². The average Bonchev–Trinajstić information content (AvgIpc) is 2.59. The van der Waals surface area contributed by atoms with Gasteiger partial charge in [0, 0.05) is 12.8 Å². The quantitative estimate of drug-likeness (QED) is 0.419. The lowest BCUT2D eigenvalue weighted by molar-refractivity contribution is -0.157. The number of carbonyl (C=O) groups excluding carboxylic acids is 2. The van der Waals surface area contributed by atoms with E-state index in [0.717, 1.165) is 5.56 Å². The summed E-state index contributed by atoms with van der Waals surface area (Å²) in [5, 5.41) is 11.2. The van der Waals surface area contributed by atoms with Crippen LogP contribution in [0.5, 0.6) is 5.75 Å². The van der Waals surface area contributed by atoms with Gasteiger partial charge >= 0.3 is 18.0 Å². The van der Waals surface area contributed by atoms with E-state index in [-0.39, 0.29) is 12.8 Å². The number of hydrogen-bond donors (Lipinski definition) is 2. The molecule has 0 saturated heterocycles. The number of rotatable bonds is 10. The number of aliphatic carboxylic acids is 1. The van der Waals surface area contributed by atoms with Crippen LogP contribution < -0.4 is 10.1 Å². The standard InChI is InChI=1S/C23H35NO7/c1-22(2,3)30-20(27)18(24-21(28)31-23(4,5)6)15-16-10-12-17(13-11-16)29-14-8-7-9-19(25)26/h10-13,18H,7-9,14-15H2,1-6H3,(H,24,28)(H,25,26). The van der Waals surface area contributed by atoms with Gasteiger partial charge in [-0.2, -0.15) is 0 Å². The molecule has 1 unspecified atom stereocenters. The van der Waals surface area contributed by atoms with Crippen molar-refractivity contribution in [3.8, 4) is 5.75 Å². The van der Waals surface area contributed by atoms with Crippen molar-refractivity contribution < 1.29 is 33.7 Å². The minimum atomic E-state index is -0.906. The molecule has 8 nitrogen and oxygen atoms in total. The lowest BCUT2D eigenvalue weighted by atomic mass is 10.1. The summed E-state index contributed by atoms with van der Waals surface area (Å²) in [6.07, 6.45) is 0.867. The second-order valence-electron chi connectivity index (χ2n) is 9.28. The summed E-state index contributed by atoms with van der Waals surface area (Å²) in [6, 6.07) is 6.25. The Hall–Kier alpha value is -2.77. The maximum Gasteiger partial charge on any atom is 0.408 e. The number of nitrogens with one attached hydrogen (secondary N) is 1. The molecular formula is C23H35NO7. The molecule has 0 aliphatic carbocycles. The Labute approximate surface area is 184 Å². The molecule has 0 heterocycles. The van der Waals surface area contributed by atoms with Crippen molar-refractivity contribution in [2.45, 2.75) is 84.5 Å². The highest BCUT2D eigenvalue weighted by atomic mass is 16.6. The van der Waals surface area contributed by atoms with Gasteiger partial charge in [0.1, 0.15) is 23.0 Å². The third-order valence-corrected chi connectivity index (χ3v) is 3.80. The van der Waals surface area contributed by atoms with Gasteiger partial charge in [0.2, 0.25) is 0 Å². The zero-order chi connectivity index (χ0) is 23.7. The van der Waals surface area contributed by atoms with E-state index >= 15 is 0 Å². The highest BCUT2D eigenvalue weighted by Crippen LogP contribution is 2.17. The number of alkyl carbamates (subject to hydrolysis) is 1. The average molecular weight is 438 g/mol. The molecular weight excluding hydrogens is 402 g/mol. The van der Waals surface area contributed by atoms with E-state index in [1.807, 2.05) is 0 Å². The Bertz CT molecular complexity index is 730. The van der Waals surface area contributed by atoms with Crippen LogP contribution >= 0.6 is 0 Å². The van der Waals surface area contributed by atoms with Crippen molar-refractivity contribution in [2.24, 2.45) is 0 Å². The minimum Gasteiger partial charge on any atom is -0.494 e. The second kappa shape index (κ2) is 11.6. The molecule has 8 heteroatoms. The minimum absolute atomic E-state index is 0.124. The maximum atomic E-state index is 12.6. The third-order valence-electron chi connectivity index (χ3n) is 3.80. The van der Waals surface area contributed by atoms with Gasteiger partial charge in [-0.1, -0.05) is 12.1 Å². The maximum absolute atomic E-state index is 12.6. The molecule has 0 aliphatic rings. The number of hydrogen-bond acceptors (Lipinski definition) is 6. The summed E-state index contributed by atoms with van der Waals surface area (Å²) < 4.78 is 16.3. The highest BCUT2D eigenvalue weighted by Gasteiger charge is 2.28. The van der Waals surface area contributed by atoms with Gasteiger partial charge in [0.05, 0.1) is 6.61 Å². The Balaban J connectivity index is 2.73. The molecule has 0 saturated carbocycles. The topological polar surface area (TPSA) is 111 Å². The number of esters is 1. The number of carbonyl (C=O) groups is 3. The predicted octanol–water partition coefficient (Wildman–Crippen LogP) is 4.10. The summed E-state index contributed by atoms with van der Waals surface area (Å²) in [5.74, 6) is -0.714. The van der Waals surface area contributed by atoms with E-state index in [1.54, 1.807) is 65.8 Å². The number of benzene rings is 1. The van der Waals surface area contributed by atoms with Crippen LogP contribution in [0.15, 0.2) is 24.3 Å². The van der Waals surface area contributed by atoms with Crippen molar-refractivity contribution in [3.63, 3.8) is 0 Å². The fourth-order valence-corrected chi connectivity index (χ4v) is 2.54. The van der Waals surface area contributed by atoms with E-state index in [9.17, 15) is 14.4 Å². The molecule has 0 aliphatic heterocycles. The van der Waals surface area contributed by atoms with Crippen molar-refractivity contribution in [1.82, 2.24) is 5.32 Å². The summed E-state index contributed by atoms with van der Waals surface area (Å²) in [4.78, 5) is 35.3. The van der Waals surface area contributed by atoms with E-state index in [0.29, 0.717) is 25.2 Å². The lowest BCUT2D eigenvalue weighted by Gasteiger charge is -2.26. The van der Waals surface area contributed by atoms with Crippen molar-refractivity contribution in [1.29, 1.82) is 0 Å². The van der Waals surface area contributed by atoms with Crippen LogP contribution in [-0.2, 0) is 25.5 Å². The van der Waals surface area contributed by atoms with Crippen LogP contribution in [0.25, 0.3) is 0 Å². The Morgan fingerprint density at radius 2 is 1.52 bits per heavy atom. The fraction of sp³-hybridized carbons (Fsp3) is 0.609. The van der Waals surface area contributed by atoms with Gasteiger partial charge in [-0.05, 0) is 72.1 Å². The van der Waals surface area contributed by atoms with Gasteiger partial charge in [0.15, 0.2) is 0 Å². The van der Waals surface area contributed by atoms with Crippen LogP contribution in [0.2, 0.25) is 0 Å². The van der Waals surface area contributed by atoms with Gasteiger partial charge in [0.25, 0.3) is 0 Å². The molecule has 1 rings (SSSR count). The highest BCUT2D eigenvalue weighted by molar-refractivity contribution is 5.82. The first kappa shape index (κ1) is 26.3. The van der Waals surface area contributed by atoms with E-state index < -0.39 is 35.3 Å². The fourth-order valence-electron chi connectivity index (χ4n) is 2.54. The summed E-state index contributed by atoms with van der Waals surface area (Å²) in [7, 11) is 0. The Kier molecular flexibility index (Phi) is 9.81. The van der Waals surface area contributed by atoms with Gasteiger partial charge < -0.3 is 24.6 Å². The SMILES string of the molecule is CC(C)(C)OC(=O)NC(Cc1ccc(OCCCCC(=O)O)cc1)C(=O)OC(C)(C)C. The van der Waals surface area contributed by atoms with E-state index in [1.165, 1.54) is 0 Å². The molecule has 1 aromatic carbocycles. The normalized spacial score (nSPS) is 12.6. The first-order chi connectivity index (χ1) is 14.2. The molecule has 0 fully saturated rings. The number of ether oxygens (including phenoxy) is 3. The monoisotopic (exact) mass is 437 g/mol. The summed E-state index contributed by atoms with van der Waals surface area (Å²) in [6.45, 7) is 10.9. The molecule has 0 bridgehead atoms. The van der Waals surface area contributed by atoms with Crippen LogP contribution in [0.1, 0.15) is 66.4 Å². The summed E-state index contributed by atoms with van der Waals surface area (Å²) >= 11 is 0. The third kappa shape index (κ3) is 12.5. The Morgan fingerprint density at radius 3 is 2.03 bits per heavy atom. The van der Waals surface area contributed by atoms with Gasteiger partial charge in [-0.3, -0.25) is 4.79 Å². The lowest BCUT2D eigenvalue weighted by Crippen LogP contribution is -2.47. The van der Waals surface area contributed by atoms with Crippen molar-refractivity contribution in [2.75, 3.05) is 6.61 Å². The molecule has 1 amide bonds. The molecule has 2 N–H and O–H groups in total. The van der Waals surface area contributed by atoms with E-state index in [4.69, 9.17) is 19.3 Å². The first-order valence-corrected chi connectivity index (χ1v) is 10.4.